The number of hydrogen-bond acceptors (Lipinski definition) is 2. The molecule has 0 saturated carbocycles. The summed E-state index contributed by atoms with van der Waals surface area (Å²) in [5, 5.41) is 10.2. The van der Waals surface area contributed by atoms with E-state index in [-0.39, 0.29) is 11.3 Å². The second kappa shape index (κ2) is 5.85. The highest BCUT2D eigenvalue weighted by molar-refractivity contribution is 5.34. The lowest BCUT2D eigenvalue weighted by Gasteiger charge is -2.15. The van der Waals surface area contributed by atoms with Gasteiger partial charge in [-0.15, -0.1) is 0 Å². The fourth-order valence-electron chi connectivity index (χ4n) is 2.10. The zero-order valence-electron chi connectivity index (χ0n) is 11.1. The van der Waals surface area contributed by atoms with Gasteiger partial charge in [-0.1, -0.05) is 36.4 Å². The van der Waals surface area contributed by atoms with E-state index in [0.717, 1.165) is 11.1 Å². The quantitative estimate of drug-likeness (QED) is 0.912. The third-order valence-electron chi connectivity index (χ3n) is 3.25. The summed E-state index contributed by atoms with van der Waals surface area (Å²) in [5.41, 5.74) is 2.37. The lowest BCUT2D eigenvalue weighted by Crippen LogP contribution is -2.06. The van der Waals surface area contributed by atoms with Crippen LogP contribution in [0.4, 0.5) is 4.39 Å². The van der Waals surface area contributed by atoms with Gasteiger partial charge in [0, 0.05) is 12.0 Å². The molecular formula is C16H17FO2. The Balaban J connectivity index is 2.26. The van der Waals surface area contributed by atoms with Crippen molar-refractivity contribution in [3.8, 4) is 5.75 Å². The van der Waals surface area contributed by atoms with Crippen LogP contribution in [-0.4, -0.2) is 12.2 Å². The van der Waals surface area contributed by atoms with Gasteiger partial charge in [0.25, 0.3) is 0 Å². The van der Waals surface area contributed by atoms with Crippen molar-refractivity contribution in [3.05, 3.63) is 65.0 Å². The van der Waals surface area contributed by atoms with Crippen molar-refractivity contribution in [2.45, 2.75) is 19.4 Å². The lowest BCUT2D eigenvalue weighted by molar-refractivity contribution is 0.172. The summed E-state index contributed by atoms with van der Waals surface area (Å²) < 4.78 is 19.0. The maximum absolute atomic E-state index is 14.0. The molecule has 0 aromatic heterocycles. The second-order valence-electron chi connectivity index (χ2n) is 4.51. The van der Waals surface area contributed by atoms with Gasteiger partial charge in [0.2, 0.25) is 0 Å². The minimum absolute atomic E-state index is 0.154. The van der Waals surface area contributed by atoms with Crippen LogP contribution in [0.15, 0.2) is 42.5 Å². The highest BCUT2D eigenvalue weighted by Gasteiger charge is 2.17. The molecule has 2 aromatic carbocycles. The molecule has 1 N–H and O–H groups in total. The van der Waals surface area contributed by atoms with Crippen molar-refractivity contribution in [3.63, 3.8) is 0 Å². The van der Waals surface area contributed by atoms with Crippen molar-refractivity contribution < 1.29 is 14.2 Å². The number of halogens is 1. The molecule has 0 bridgehead atoms. The second-order valence-corrected chi connectivity index (χ2v) is 4.51. The number of rotatable bonds is 4. The van der Waals surface area contributed by atoms with Gasteiger partial charge in [0.05, 0.1) is 13.2 Å². The zero-order chi connectivity index (χ0) is 13.8. The summed E-state index contributed by atoms with van der Waals surface area (Å²) in [5.74, 6) is -0.340. The first-order valence-corrected chi connectivity index (χ1v) is 6.18. The number of aliphatic hydroxyl groups is 1. The van der Waals surface area contributed by atoms with E-state index < -0.39 is 11.9 Å². The van der Waals surface area contributed by atoms with Crippen LogP contribution in [0.5, 0.6) is 5.75 Å². The molecule has 2 rings (SSSR count). The monoisotopic (exact) mass is 260 g/mol. The highest BCUT2D eigenvalue weighted by Crippen LogP contribution is 2.27. The first-order valence-electron chi connectivity index (χ1n) is 6.18. The van der Waals surface area contributed by atoms with Crippen molar-refractivity contribution in [2.24, 2.45) is 0 Å². The summed E-state index contributed by atoms with van der Waals surface area (Å²) in [6.07, 6.45) is -0.493. The zero-order valence-corrected chi connectivity index (χ0v) is 11.1. The van der Waals surface area contributed by atoms with Gasteiger partial charge in [-0.2, -0.15) is 0 Å². The van der Waals surface area contributed by atoms with E-state index in [1.54, 1.807) is 18.2 Å². The Morgan fingerprint density at radius 1 is 1.16 bits per heavy atom. The van der Waals surface area contributed by atoms with Crippen LogP contribution < -0.4 is 4.74 Å². The normalized spacial score (nSPS) is 12.2. The Bertz CT molecular complexity index is 566. The first-order chi connectivity index (χ1) is 9.13. The third-order valence-corrected chi connectivity index (χ3v) is 3.25. The molecular weight excluding hydrogens is 243 g/mol. The molecule has 2 aromatic rings. The Kier molecular flexibility index (Phi) is 4.17. The number of aryl methyl sites for hydroxylation is 1. The van der Waals surface area contributed by atoms with Crippen molar-refractivity contribution in [1.82, 2.24) is 0 Å². The summed E-state index contributed by atoms with van der Waals surface area (Å²) in [7, 11) is 1.41. The van der Waals surface area contributed by atoms with Crippen molar-refractivity contribution in [2.75, 3.05) is 7.11 Å². The minimum atomic E-state index is -0.879. The molecule has 3 heteroatoms. The summed E-state index contributed by atoms with van der Waals surface area (Å²) in [6.45, 7) is 1.98. The number of methoxy groups -OCH3 is 1. The average Bonchev–Trinajstić information content (AvgIpc) is 2.41. The molecule has 0 amide bonds. The van der Waals surface area contributed by atoms with E-state index in [9.17, 15) is 9.50 Å². The van der Waals surface area contributed by atoms with Gasteiger partial charge in [-0.05, 0) is 24.1 Å². The molecule has 2 nitrogen and oxygen atoms in total. The Labute approximate surface area is 112 Å². The van der Waals surface area contributed by atoms with Crippen LogP contribution in [0, 0.1) is 12.7 Å². The minimum Gasteiger partial charge on any atom is -0.494 e. The molecule has 0 spiro atoms. The lowest BCUT2D eigenvalue weighted by atomic mass is 9.98. The fourth-order valence-corrected chi connectivity index (χ4v) is 2.10. The van der Waals surface area contributed by atoms with E-state index in [0.29, 0.717) is 6.42 Å². The first kappa shape index (κ1) is 13.6. The Hall–Kier alpha value is -1.87. The smallest absolute Gasteiger partial charge is 0.170 e. The fraction of sp³-hybridized carbons (Fsp3) is 0.250. The van der Waals surface area contributed by atoms with Gasteiger partial charge < -0.3 is 9.84 Å². The van der Waals surface area contributed by atoms with Crippen LogP contribution in [0.2, 0.25) is 0 Å². The topological polar surface area (TPSA) is 29.5 Å². The Morgan fingerprint density at radius 3 is 2.58 bits per heavy atom. The molecule has 0 aliphatic carbocycles. The molecule has 19 heavy (non-hydrogen) atoms. The van der Waals surface area contributed by atoms with E-state index in [1.807, 2.05) is 31.2 Å². The van der Waals surface area contributed by atoms with E-state index in [2.05, 4.69) is 0 Å². The number of ether oxygens (including phenoxy) is 1. The number of hydrogen-bond donors (Lipinski definition) is 1. The molecule has 0 aliphatic rings. The number of benzene rings is 2. The molecule has 0 heterocycles. The van der Waals surface area contributed by atoms with Crippen LogP contribution >= 0.6 is 0 Å². The predicted molar refractivity (Wildman–Crippen MR) is 72.8 cm³/mol. The van der Waals surface area contributed by atoms with Crippen LogP contribution in [-0.2, 0) is 6.42 Å². The van der Waals surface area contributed by atoms with Crippen molar-refractivity contribution in [1.29, 1.82) is 0 Å². The molecule has 0 saturated heterocycles. The largest absolute Gasteiger partial charge is 0.494 e. The molecule has 0 aliphatic heterocycles. The Morgan fingerprint density at radius 2 is 1.89 bits per heavy atom. The SMILES string of the molecule is COc1cccc(C(O)Cc2ccccc2C)c1F. The third kappa shape index (κ3) is 2.93. The molecule has 0 fully saturated rings. The molecule has 0 radical (unpaired) electrons. The van der Waals surface area contributed by atoms with Gasteiger partial charge in [-0.3, -0.25) is 0 Å². The van der Waals surface area contributed by atoms with E-state index >= 15 is 0 Å². The molecule has 1 unspecified atom stereocenters. The standard InChI is InChI=1S/C16H17FO2/c1-11-6-3-4-7-12(11)10-14(18)13-8-5-9-15(19-2)16(13)17/h3-9,14,18H,10H2,1-2H3. The molecule has 100 valence electrons. The maximum atomic E-state index is 14.0. The number of aliphatic hydroxyl groups excluding tert-OH is 1. The van der Waals surface area contributed by atoms with Crippen LogP contribution in [0.1, 0.15) is 22.8 Å². The van der Waals surface area contributed by atoms with Gasteiger partial charge in [-0.25, -0.2) is 4.39 Å². The summed E-state index contributed by atoms with van der Waals surface area (Å²) in [4.78, 5) is 0. The van der Waals surface area contributed by atoms with Gasteiger partial charge in [0.1, 0.15) is 0 Å². The summed E-state index contributed by atoms with van der Waals surface area (Å²) in [6, 6.07) is 12.6. The highest BCUT2D eigenvalue weighted by atomic mass is 19.1. The molecule has 1 atom stereocenters. The van der Waals surface area contributed by atoms with E-state index in [4.69, 9.17) is 4.74 Å². The van der Waals surface area contributed by atoms with Crippen LogP contribution in [0.3, 0.4) is 0 Å². The average molecular weight is 260 g/mol. The summed E-state index contributed by atoms with van der Waals surface area (Å²) >= 11 is 0. The van der Waals surface area contributed by atoms with Gasteiger partial charge >= 0.3 is 0 Å². The van der Waals surface area contributed by atoms with Gasteiger partial charge in [0.15, 0.2) is 11.6 Å². The van der Waals surface area contributed by atoms with Crippen molar-refractivity contribution >= 4 is 0 Å². The van der Waals surface area contributed by atoms with Crippen LogP contribution in [0.25, 0.3) is 0 Å². The van der Waals surface area contributed by atoms with E-state index in [1.165, 1.54) is 7.11 Å². The maximum Gasteiger partial charge on any atom is 0.170 e. The predicted octanol–water partition coefficient (Wildman–Crippen LogP) is 3.42.